The third-order valence-electron chi connectivity index (χ3n) is 2.66. The van der Waals surface area contributed by atoms with Crippen LogP contribution in [0.4, 0.5) is 0 Å². The van der Waals surface area contributed by atoms with Crippen molar-refractivity contribution in [3.8, 4) is 5.75 Å². The maximum Gasteiger partial charge on any atom is 0.209 e. The van der Waals surface area contributed by atoms with Gasteiger partial charge in [0.2, 0.25) is 6.29 Å². The van der Waals surface area contributed by atoms with Gasteiger partial charge in [-0.2, -0.15) is 0 Å². The van der Waals surface area contributed by atoms with Gasteiger partial charge < -0.3 is 9.47 Å². The third kappa shape index (κ3) is 1.30. The fraction of sp³-hybridized carbons (Fsp3) is 0.500. The lowest BCUT2D eigenvalue weighted by molar-refractivity contribution is -0.0981. The molecule has 1 heterocycles. The Bertz CT molecular complexity index is 331. The molecule has 1 atom stereocenters. The molecule has 1 aliphatic rings. The second kappa shape index (κ2) is 3.28. The molecule has 1 radical (unpaired) electrons. The molecule has 0 aliphatic carbocycles. The van der Waals surface area contributed by atoms with Crippen molar-refractivity contribution in [3.05, 3.63) is 29.8 Å². The van der Waals surface area contributed by atoms with E-state index in [0.717, 1.165) is 5.75 Å². The molecule has 14 heavy (non-hydrogen) atoms. The largest absolute Gasteiger partial charge is 0.464 e. The van der Waals surface area contributed by atoms with E-state index in [1.54, 1.807) is 0 Å². The summed E-state index contributed by atoms with van der Waals surface area (Å²) in [5.41, 5.74) is 1.10. The molecule has 0 spiro atoms. The zero-order valence-electron chi connectivity index (χ0n) is 8.83. The van der Waals surface area contributed by atoms with Gasteiger partial charge >= 0.3 is 0 Å². The molecule has 2 nitrogen and oxygen atoms in total. The van der Waals surface area contributed by atoms with Crippen molar-refractivity contribution < 1.29 is 9.47 Å². The minimum absolute atomic E-state index is 0.0803. The minimum atomic E-state index is -0.168. The first-order valence-electron chi connectivity index (χ1n) is 4.95. The van der Waals surface area contributed by atoms with Crippen molar-refractivity contribution in [2.75, 3.05) is 6.61 Å². The molecule has 1 aromatic carbocycles. The van der Waals surface area contributed by atoms with E-state index in [-0.39, 0.29) is 11.7 Å². The van der Waals surface area contributed by atoms with Gasteiger partial charge in [0.1, 0.15) is 5.75 Å². The zero-order valence-corrected chi connectivity index (χ0v) is 8.83. The number of hydrogen-bond acceptors (Lipinski definition) is 2. The Morgan fingerprint density at radius 2 is 2.36 bits per heavy atom. The highest BCUT2D eigenvalue weighted by Gasteiger charge is 2.41. The van der Waals surface area contributed by atoms with E-state index >= 15 is 0 Å². The van der Waals surface area contributed by atoms with E-state index in [0.29, 0.717) is 6.61 Å². The van der Waals surface area contributed by atoms with Crippen LogP contribution in [0.1, 0.15) is 26.3 Å². The molecular formula is C12H15O2. The summed E-state index contributed by atoms with van der Waals surface area (Å²) >= 11 is 0. The van der Waals surface area contributed by atoms with Crippen LogP contribution in [0.3, 0.4) is 0 Å². The molecule has 1 unspecified atom stereocenters. The van der Waals surface area contributed by atoms with Crippen LogP contribution in [0.15, 0.2) is 18.2 Å². The number of hydrogen-bond donors (Lipinski definition) is 0. The fourth-order valence-corrected chi connectivity index (χ4v) is 1.81. The second-order valence-corrected chi connectivity index (χ2v) is 4.05. The standard InChI is InChI=1S/C12H15O2/c1-4-13-11-12(2,3)9-7-5-6-8-10(9)14-11/h6-8,11H,4H2,1-3H3. The van der Waals surface area contributed by atoms with Crippen molar-refractivity contribution in [2.45, 2.75) is 32.5 Å². The highest BCUT2D eigenvalue weighted by molar-refractivity contribution is 5.42. The SMILES string of the molecule is CCOC1Oc2cc[c]cc2C1(C)C. The average molecular weight is 191 g/mol. The van der Waals surface area contributed by atoms with Crippen LogP contribution >= 0.6 is 0 Å². The molecule has 75 valence electrons. The lowest BCUT2D eigenvalue weighted by Crippen LogP contribution is -2.34. The van der Waals surface area contributed by atoms with Gasteiger partial charge in [-0.05, 0) is 39.0 Å². The van der Waals surface area contributed by atoms with Crippen molar-refractivity contribution in [1.82, 2.24) is 0 Å². The van der Waals surface area contributed by atoms with Gasteiger partial charge in [0.25, 0.3) is 0 Å². The Labute approximate surface area is 84.8 Å². The van der Waals surface area contributed by atoms with Crippen LogP contribution in [0, 0.1) is 6.07 Å². The molecule has 0 fully saturated rings. The van der Waals surface area contributed by atoms with Gasteiger partial charge in [-0.25, -0.2) is 0 Å². The molecule has 2 heteroatoms. The van der Waals surface area contributed by atoms with Crippen LogP contribution < -0.4 is 4.74 Å². The van der Waals surface area contributed by atoms with E-state index in [4.69, 9.17) is 9.47 Å². The monoisotopic (exact) mass is 191 g/mol. The van der Waals surface area contributed by atoms with Gasteiger partial charge in [-0.15, -0.1) is 0 Å². The maximum atomic E-state index is 5.72. The van der Waals surface area contributed by atoms with Crippen LogP contribution in [0.2, 0.25) is 0 Å². The topological polar surface area (TPSA) is 18.5 Å². The van der Waals surface area contributed by atoms with Crippen molar-refractivity contribution in [3.63, 3.8) is 0 Å². The first kappa shape index (κ1) is 9.53. The van der Waals surface area contributed by atoms with E-state index in [1.807, 2.05) is 25.1 Å². The molecule has 0 amide bonds. The molecule has 2 rings (SSSR count). The van der Waals surface area contributed by atoms with Crippen LogP contribution in [-0.2, 0) is 10.2 Å². The van der Waals surface area contributed by atoms with Crippen LogP contribution in [0.25, 0.3) is 0 Å². The number of benzene rings is 1. The summed E-state index contributed by atoms with van der Waals surface area (Å²) in [7, 11) is 0. The molecular weight excluding hydrogens is 176 g/mol. The Kier molecular flexibility index (Phi) is 2.23. The predicted octanol–water partition coefficient (Wildman–Crippen LogP) is 2.52. The highest BCUT2D eigenvalue weighted by atomic mass is 16.7. The maximum absolute atomic E-state index is 5.72. The third-order valence-corrected chi connectivity index (χ3v) is 2.66. The number of fused-ring (bicyclic) bond motifs is 1. The summed E-state index contributed by atoms with van der Waals surface area (Å²) in [5.74, 6) is 0.923. The lowest BCUT2D eigenvalue weighted by Gasteiger charge is -2.25. The molecule has 0 aromatic heterocycles. The fourth-order valence-electron chi connectivity index (χ4n) is 1.81. The molecule has 0 saturated carbocycles. The molecule has 1 aliphatic heterocycles. The molecule has 0 saturated heterocycles. The Balaban J connectivity index is 2.35. The minimum Gasteiger partial charge on any atom is -0.464 e. The van der Waals surface area contributed by atoms with Gasteiger partial charge in [0, 0.05) is 12.2 Å². The van der Waals surface area contributed by atoms with E-state index < -0.39 is 0 Å². The molecule has 0 N–H and O–H groups in total. The number of ether oxygens (including phenoxy) is 2. The van der Waals surface area contributed by atoms with E-state index in [1.165, 1.54) is 5.56 Å². The highest BCUT2D eigenvalue weighted by Crippen LogP contribution is 2.42. The zero-order chi connectivity index (χ0) is 10.2. The Hall–Kier alpha value is -1.02. The van der Waals surface area contributed by atoms with Crippen molar-refractivity contribution in [2.24, 2.45) is 0 Å². The van der Waals surface area contributed by atoms with E-state index in [9.17, 15) is 0 Å². The first-order chi connectivity index (χ1) is 6.66. The van der Waals surface area contributed by atoms with E-state index in [2.05, 4.69) is 19.9 Å². The summed E-state index contributed by atoms with van der Waals surface area (Å²) in [6, 6.07) is 8.86. The molecule has 1 aromatic rings. The summed E-state index contributed by atoms with van der Waals surface area (Å²) in [6.45, 7) is 6.92. The van der Waals surface area contributed by atoms with Gasteiger partial charge in [0.15, 0.2) is 0 Å². The summed E-state index contributed by atoms with van der Waals surface area (Å²) in [4.78, 5) is 0. The van der Waals surface area contributed by atoms with Crippen LogP contribution in [-0.4, -0.2) is 12.9 Å². The normalized spacial score (nSPS) is 22.9. The summed E-state index contributed by atoms with van der Waals surface area (Å²) < 4.78 is 11.3. The Morgan fingerprint density at radius 3 is 3.00 bits per heavy atom. The van der Waals surface area contributed by atoms with Gasteiger partial charge in [0.05, 0.1) is 5.41 Å². The first-order valence-corrected chi connectivity index (χ1v) is 4.95. The summed E-state index contributed by atoms with van der Waals surface area (Å²) in [6.07, 6.45) is -0.168. The van der Waals surface area contributed by atoms with Crippen molar-refractivity contribution >= 4 is 0 Å². The second-order valence-electron chi connectivity index (χ2n) is 4.05. The number of rotatable bonds is 2. The average Bonchev–Trinajstić information content (AvgIpc) is 2.41. The quantitative estimate of drug-likeness (QED) is 0.715. The Morgan fingerprint density at radius 1 is 1.57 bits per heavy atom. The van der Waals surface area contributed by atoms with Crippen LogP contribution in [0.5, 0.6) is 5.75 Å². The van der Waals surface area contributed by atoms with Gasteiger partial charge in [-0.3, -0.25) is 0 Å². The smallest absolute Gasteiger partial charge is 0.209 e. The lowest BCUT2D eigenvalue weighted by atomic mass is 9.85. The molecule has 0 bridgehead atoms. The van der Waals surface area contributed by atoms with Gasteiger partial charge in [-0.1, -0.05) is 6.07 Å². The summed E-state index contributed by atoms with van der Waals surface area (Å²) in [5, 5.41) is 0. The predicted molar refractivity (Wildman–Crippen MR) is 54.3 cm³/mol. The van der Waals surface area contributed by atoms with Crippen molar-refractivity contribution in [1.29, 1.82) is 0 Å².